The van der Waals surface area contributed by atoms with E-state index in [1.807, 2.05) is 6.92 Å². The molecule has 0 unspecified atom stereocenters. The van der Waals surface area contributed by atoms with E-state index in [-0.39, 0.29) is 16.8 Å². The predicted molar refractivity (Wildman–Crippen MR) is 70.7 cm³/mol. The summed E-state index contributed by atoms with van der Waals surface area (Å²) in [6.07, 6.45) is 3.60. The molecule has 1 heterocycles. The first-order valence-electron chi connectivity index (χ1n) is 5.81. The van der Waals surface area contributed by atoms with E-state index in [1.54, 1.807) is 18.2 Å². The zero-order valence-electron chi connectivity index (χ0n) is 10.3. The SMILES string of the molecule is CC[C@@H](N)c1ccc(Cl)c(Oc2ncccn2)c1F. The number of nitrogens with two attached hydrogens (primary N) is 1. The summed E-state index contributed by atoms with van der Waals surface area (Å²) < 4.78 is 19.6. The van der Waals surface area contributed by atoms with Gasteiger partial charge in [-0.05, 0) is 18.6 Å². The van der Waals surface area contributed by atoms with Crippen LogP contribution in [0.2, 0.25) is 5.02 Å². The fraction of sp³-hybridized carbons (Fsp3) is 0.231. The Bertz CT molecular complexity index is 565. The molecule has 0 radical (unpaired) electrons. The van der Waals surface area contributed by atoms with Crippen molar-refractivity contribution in [2.45, 2.75) is 19.4 Å². The summed E-state index contributed by atoms with van der Waals surface area (Å²) in [4.78, 5) is 7.72. The molecule has 0 bridgehead atoms. The van der Waals surface area contributed by atoms with Gasteiger partial charge in [-0.1, -0.05) is 24.6 Å². The molecule has 0 spiro atoms. The van der Waals surface area contributed by atoms with Crippen molar-refractivity contribution >= 4 is 11.6 Å². The van der Waals surface area contributed by atoms with Gasteiger partial charge in [0.2, 0.25) is 0 Å². The van der Waals surface area contributed by atoms with Gasteiger partial charge >= 0.3 is 6.01 Å². The van der Waals surface area contributed by atoms with Crippen LogP contribution in [0, 0.1) is 5.82 Å². The molecule has 1 aromatic carbocycles. The minimum atomic E-state index is -0.575. The number of aromatic nitrogens is 2. The summed E-state index contributed by atoms with van der Waals surface area (Å²) in [6.45, 7) is 1.87. The first kappa shape index (κ1) is 13.7. The summed E-state index contributed by atoms with van der Waals surface area (Å²) in [7, 11) is 0. The molecular weight excluding hydrogens is 269 g/mol. The Hall–Kier alpha value is -1.72. The van der Waals surface area contributed by atoms with Crippen molar-refractivity contribution in [1.29, 1.82) is 0 Å². The average molecular weight is 282 g/mol. The van der Waals surface area contributed by atoms with Crippen LogP contribution in [0.3, 0.4) is 0 Å². The molecule has 0 saturated carbocycles. The number of benzene rings is 1. The number of nitrogens with zero attached hydrogens (tertiary/aromatic N) is 2. The first-order valence-corrected chi connectivity index (χ1v) is 6.19. The van der Waals surface area contributed by atoms with Gasteiger partial charge in [0, 0.05) is 24.0 Å². The van der Waals surface area contributed by atoms with Crippen molar-refractivity contribution < 1.29 is 9.13 Å². The van der Waals surface area contributed by atoms with Crippen molar-refractivity contribution in [3.8, 4) is 11.8 Å². The van der Waals surface area contributed by atoms with Gasteiger partial charge in [0.05, 0.1) is 5.02 Å². The smallest absolute Gasteiger partial charge is 0.322 e. The highest BCUT2D eigenvalue weighted by atomic mass is 35.5. The highest BCUT2D eigenvalue weighted by Gasteiger charge is 2.18. The highest BCUT2D eigenvalue weighted by Crippen LogP contribution is 2.34. The Labute approximate surface area is 115 Å². The van der Waals surface area contributed by atoms with Crippen LogP contribution in [0.25, 0.3) is 0 Å². The summed E-state index contributed by atoms with van der Waals surface area (Å²) >= 11 is 5.94. The van der Waals surface area contributed by atoms with E-state index in [4.69, 9.17) is 22.1 Å². The van der Waals surface area contributed by atoms with Gasteiger partial charge in [-0.15, -0.1) is 0 Å². The minimum Gasteiger partial charge on any atom is -0.420 e. The van der Waals surface area contributed by atoms with Gasteiger partial charge < -0.3 is 10.5 Å². The lowest BCUT2D eigenvalue weighted by molar-refractivity contribution is 0.405. The molecule has 6 heteroatoms. The maximum absolute atomic E-state index is 14.3. The van der Waals surface area contributed by atoms with Gasteiger partial charge in [-0.2, -0.15) is 0 Å². The molecule has 2 aromatic rings. The van der Waals surface area contributed by atoms with E-state index in [0.717, 1.165) is 0 Å². The second-order valence-corrected chi connectivity index (χ2v) is 4.34. The topological polar surface area (TPSA) is 61.0 Å². The van der Waals surface area contributed by atoms with Gasteiger partial charge in [-0.3, -0.25) is 0 Å². The van der Waals surface area contributed by atoms with Crippen LogP contribution in [0.15, 0.2) is 30.6 Å². The van der Waals surface area contributed by atoms with Gasteiger partial charge in [0.25, 0.3) is 0 Å². The monoisotopic (exact) mass is 281 g/mol. The van der Waals surface area contributed by atoms with Crippen LogP contribution >= 0.6 is 11.6 Å². The number of hydrogen-bond acceptors (Lipinski definition) is 4. The zero-order chi connectivity index (χ0) is 13.8. The van der Waals surface area contributed by atoms with Crippen molar-refractivity contribution in [3.63, 3.8) is 0 Å². The molecule has 0 amide bonds. The largest absolute Gasteiger partial charge is 0.420 e. The van der Waals surface area contributed by atoms with Gasteiger partial charge in [-0.25, -0.2) is 14.4 Å². The summed E-state index contributed by atoms with van der Waals surface area (Å²) in [5.41, 5.74) is 6.20. The molecule has 0 aliphatic heterocycles. The van der Waals surface area contributed by atoms with Crippen LogP contribution in [0.4, 0.5) is 4.39 Å². The summed E-state index contributed by atoms with van der Waals surface area (Å²) in [5.74, 6) is -0.677. The Balaban J connectivity index is 2.39. The molecule has 1 atom stereocenters. The van der Waals surface area contributed by atoms with Crippen LogP contribution in [0.1, 0.15) is 24.9 Å². The van der Waals surface area contributed by atoms with Crippen molar-refractivity contribution in [1.82, 2.24) is 9.97 Å². The Morgan fingerprint density at radius 2 is 2.05 bits per heavy atom. The standard InChI is InChI=1S/C13H13ClFN3O/c1-2-10(16)8-4-5-9(14)12(11(8)15)19-13-17-6-3-7-18-13/h3-7,10H,2,16H2,1H3/t10-/m1/s1. The predicted octanol–water partition coefficient (Wildman–Crippen LogP) is 3.47. The van der Waals surface area contributed by atoms with Gasteiger partial charge in [0.15, 0.2) is 11.6 Å². The molecule has 2 N–H and O–H groups in total. The molecule has 1 aromatic heterocycles. The van der Waals surface area contributed by atoms with Crippen LogP contribution in [-0.4, -0.2) is 9.97 Å². The van der Waals surface area contributed by atoms with E-state index < -0.39 is 11.9 Å². The molecule has 19 heavy (non-hydrogen) atoms. The van der Waals surface area contributed by atoms with Crippen LogP contribution in [-0.2, 0) is 0 Å². The number of rotatable bonds is 4. The molecule has 100 valence electrons. The fourth-order valence-corrected chi connectivity index (χ4v) is 1.76. The second kappa shape index (κ2) is 5.95. The van der Waals surface area contributed by atoms with E-state index >= 15 is 0 Å². The van der Waals surface area contributed by atoms with Crippen molar-refractivity contribution in [2.24, 2.45) is 5.73 Å². The first-order chi connectivity index (χ1) is 9.13. The third-order valence-electron chi connectivity index (χ3n) is 2.65. The third-order valence-corrected chi connectivity index (χ3v) is 2.95. The molecular formula is C13H13ClFN3O. The fourth-order valence-electron chi connectivity index (χ4n) is 1.58. The lowest BCUT2D eigenvalue weighted by Crippen LogP contribution is -2.11. The zero-order valence-corrected chi connectivity index (χ0v) is 11.1. The Kier molecular flexibility index (Phi) is 4.29. The van der Waals surface area contributed by atoms with E-state index in [1.165, 1.54) is 12.4 Å². The summed E-state index contributed by atoms with van der Waals surface area (Å²) in [5, 5.41) is 0.150. The lowest BCUT2D eigenvalue weighted by Gasteiger charge is -2.14. The van der Waals surface area contributed by atoms with E-state index in [9.17, 15) is 4.39 Å². The quantitative estimate of drug-likeness (QED) is 0.932. The normalized spacial score (nSPS) is 12.2. The van der Waals surface area contributed by atoms with E-state index in [2.05, 4.69) is 9.97 Å². The molecule has 2 rings (SSSR count). The summed E-state index contributed by atoms with van der Waals surface area (Å²) in [6, 6.07) is 4.37. The van der Waals surface area contributed by atoms with Crippen molar-refractivity contribution in [3.05, 3.63) is 47.0 Å². The molecule has 0 aliphatic carbocycles. The number of hydrogen-bond donors (Lipinski definition) is 1. The van der Waals surface area contributed by atoms with Crippen LogP contribution in [0.5, 0.6) is 11.8 Å². The van der Waals surface area contributed by atoms with E-state index in [0.29, 0.717) is 12.0 Å². The third kappa shape index (κ3) is 3.00. The second-order valence-electron chi connectivity index (χ2n) is 3.93. The highest BCUT2D eigenvalue weighted by molar-refractivity contribution is 6.32. The number of ether oxygens (including phenoxy) is 1. The maximum Gasteiger partial charge on any atom is 0.322 e. The maximum atomic E-state index is 14.3. The molecule has 4 nitrogen and oxygen atoms in total. The Morgan fingerprint density at radius 1 is 1.37 bits per heavy atom. The molecule has 0 aliphatic rings. The molecule has 0 fully saturated rings. The Morgan fingerprint density at radius 3 is 2.68 bits per heavy atom. The molecule has 0 saturated heterocycles. The minimum absolute atomic E-state index is 0.0329. The lowest BCUT2D eigenvalue weighted by atomic mass is 10.0. The number of halogens is 2. The van der Waals surface area contributed by atoms with Crippen LogP contribution < -0.4 is 10.5 Å². The average Bonchev–Trinajstić information content (AvgIpc) is 2.44. The van der Waals surface area contributed by atoms with Gasteiger partial charge in [0.1, 0.15) is 0 Å². The van der Waals surface area contributed by atoms with Crippen molar-refractivity contribution in [2.75, 3.05) is 0 Å².